The van der Waals surface area contributed by atoms with Gasteiger partial charge in [-0.05, 0) is 37.8 Å². The van der Waals surface area contributed by atoms with Crippen molar-refractivity contribution in [3.8, 4) is 0 Å². The Morgan fingerprint density at radius 3 is 2.12 bits per heavy atom. The van der Waals surface area contributed by atoms with E-state index in [2.05, 4.69) is 0 Å². The SMILES string of the molecule is CCC(CC)C(=O)SCC(=O)N(CC(=O)O)c1c(C)cccc1C. The van der Waals surface area contributed by atoms with E-state index in [1.54, 1.807) is 0 Å². The minimum absolute atomic E-state index is 0.00914. The summed E-state index contributed by atoms with van der Waals surface area (Å²) >= 11 is 0.981. The lowest BCUT2D eigenvalue weighted by atomic mass is 10.1. The first kappa shape index (κ1) is 20.2. The molecule has 24 heavy (non-hydrogen) atoms. The molecule has 5 nitrogen and oxygen atoms in total. The van der Waals surface area contributed by atoms with Crippen molar-refractivity contribution in [2.24, 2.45) is 5.92 Å². The number of amides is 1. The molecule has 1 N–H and O–H groups in total. The van der Waals surface area contributed by atoms with Crippen molar-refractivity contribution < 1.29 is 19.5 Å². The summed E-state index contributed by atoms with van der Waals surface area (Å²) in [4.78, 5) is 37.1. The van der Waals surface area contributed by atoms with Gasteiger partial charge in [0.2, 0.25) is 5.91 Å². The van der Waals surface area contributed by atoms with Gasteiger partial charge in [-0.25, -0.2) is 0 Å². The zero-order valence-electron chi connectivity index (χ0n) is 14.7. The Labute approximate surface area is 147 Å². The van der Waals surface area contributed by atoms with E-state index in [-0.39, 0.29) is 22.7 Å². The van der Waals surface area contributed by atoms with E-state index in [0.717, 1.165) is 35.7 Å². The number of carbonyl (C=O) groups excluding carboxylic acids is 2. The summed E-state index contributed by atoms with van der Waals surface area (Å²) in [6.07, 6.45) is 1.48. The molecule has 0 aliphatic rings. The first-order valence-corrected chi connectivity index (χ1v) is 9.05. The number of thioether (sulfide) groups is 1. The highest BCUT2D eigenvalue weighted by Crippen LogP contribution is 2.26. The zero-order chi connectivity index (χ0) is 18.3. The molecule has 0 bridgehead atoms. The van der Waals surface area contributed by atoms with E-state index in [0.29, 0.717) is 5.69 Å². The molecule has 0 saturated heterocycles. The number of hydrogen-bond donors (Lipinski definition) is 1. The van der Waals surface area contributed by atoms with Crippen molar-refractivity contribution in [2.45, 2.75) is 40.5 Å². The van der Waals surface area contributed by atoms with Crippen LogP contribution in [0.4, 0.5) is 5.69 Å². The van der Waals surface area contributed by atoms with Gasteiger partial charge in [0.1, 0.15) is 6.54 Å². The quantitative estimate of drug-likeness (QED) is 0.777. The fraction of sp³-hybridized carbons (Fsp3) is 0.500. The zero-order valence-corrected chi connectivity index (χ0v) is 15.5. The van der Waals surface area contributed by atoms with Crippen molar-refractivity contribution in [1.82, 2.24) is 0 Å². The summed E-state index contributed by atoms with van der Waals surface area (Å²) in [6.45, 7) is 7.16. The van der Waals surface area contributed by atoms with Crippen molar-refractivity contribution in [2.75, 3.05) is 17.2 Å². The van der Waals surface area contributed by atoms with Gasteiger partial charge >= 0.3 is 5.97 Å². The molecular weight excluding hydrogens is 326 g/mol. The smallest absolute Gasteiger partial charge is 0.323 e. The lowest BCUT2D eigenvalue weighted by molar-refractivity contribution is -0.136. The second kappa shape index (κ2) is 9.47. The predicted octanol–water partition coefficient (Wildman–Crippen LogP) is 3.42. The fourth-order valence-corrected chi connectivity index (χ4v) is 3.60. The highest BCUT2D eigenvalue weighted by Gasteiger charge is 2.24. The number of carboxylic acid groups (broad SMARTS) is 1. The summed E-state index contributed by atoms with van der Waals surface area (Å²) < 4.78 is 0. The van der Waals surface area contributed by atoms with Crippen molar-refractivity contribution >= 4 is 34.4 Å². The summed E-state index contributed by atoms with van der Waals surface area (Å²) in [7, 11) is 0. The number of rotatable bonds is 8. The predicted molar refractivity (Wildman–Crippen MR) is 97.4 cm³/mol. The molecule has 0 unspecified atom stereocenters. The number of aryl methyl sites for hydroxylation is 2. The van der Waals surface area contributed by atoms with Gasteiger partial charge < -0.3 is 5.11 Å². The third-order valence-corrected chi connectivity index (χ3v) is 4.97. The Bertz CT molecular complexity index is 591. The summed E-state index contributed by atoms with van der Waals surface area (Å²) in [5.41, 5.74) is 2.28. The summed E-state index contributed by atoms with van der Waals surface area (Å²) in [5, 5.41) is 9.14. The highest BCUT2D eigenvalue weighted by molar-refractivity contribution is 8.14. The average molecular weight is 351 g/mol. The number of nitrogens with zero attached hydrogens (tertiary/aromatic N) is 1. The third-order valence-electron chi connectivity index (χ3n) is 3.96. The molecule has 1 aromatic carbocycles. The monoisotopic (exact) mass is 351 g/mol. The minimum atomic E-state index is -1.08. The highest BCUT2D eigenvalue weighted by atomic mass is 32.2. The standard InChI is InChI=1S/C18H25NO4S/c1-5-14(6-2)18(23)24-11-15(20)19(10-16(21)22)17-12(3)8-7-9-13(17)4/h7-9,14H,5-6,10-11H2,1-4H3,(H,21,22). The first-order chi connectivity index (χ1) is 11.3. The van der Waals surface area contributed by atoms with E-state index in [1.165, 1.54) is 4.90 Å². The second-order valence-corrected chi connectivity index (χ2v) is 6.71. The first-order valence-electron chi connectivity index (χ1n) is 8.06. The molecule has 0 radical (unpaired) electrons. The van der Waals surface area contributed by atoms with Gasteiger partial charge in [0.05, 0.1) is 11.4 Å². The van der Waals surface area contributed by atoms with Crippen LogP contribution in [0.2, 0.25) is 0 Å². The van der Waals surface area contributed by atoms with Crippen LogP contribution < -0.4 is 4.90 Å². The Morgan fingerprint density at radius 1 is 1.12 bits per heavy atom. The normalized spacial score (nSPS) is 10.7. The second-order valence-electron chi connectivity index (χ2n) is 5.74. The van der Waals surface area contributed by atoms with Crippen LogP contribution in [0.5, 0.6) is 0 Å². The molecule has 0 atom stereocenters. The fourth-order valence-electron chi connectivity index (χ4n) is 2.61. The topological polar surface area (TPSA) is 74.7 Å². The maximum absolute atomic E-state index is 12.6. The number of aliphatic carboxylic acids is 1. The van der Waals surface area contributed by atoms with Crippen molar-refractivity contribution in [3.05, 3.63) is 29.3 Å². The summed E-state index contributed by atoms with van der Waals surface area (Å²) in [5.74, 6) is -1.55. The van der Waals surface area contributed by atoms with E-state index in [9.17, 15) is 14.4 Å². The molecule has 1 rings (SSSR count). The van der Waals surface area contributed by atoms with Crippen LogP contribution in [-0.2, 0) is 14.4 Å². The van der Waals surface area contributed by atoms with Crippen LogP contribution in [0.3, 0.4) is 0 Å². The van der Waals surface area contributed by atoms with Gasteiger partial charge in [-0.2, -0.15) is 0 Å². The molecule has 0 aliphatic heterocycles. The molecule has 132 valence electrons. The number of carbonyl (C=O) groups is 3. The average Bonchev–Trinajstić information content (AvgIpc) is 2.52. The van der Waals surface area contributed by atoms with Crippen LogP contribution in [0, 0.1) is 19.8 Å². The van der Waals surface area contributed by atoms with Crippen LogP contribution in [0.25, 0.3) is 0 Å². The molecule has 0 spiro atoms. The minimum Gasteiger partial charge on any atom is -0.480 e. The number of carboxylic acids is 1. The molecule has 6 heteroatoms. The van der Waals surface area contributed by atoms with E-state index in [4.69, 9.17) is 5.11 Å². The largest absolute Gasteiger partial charge is 0.480 e. The Balaban J connectivity index is 2.95. The van der Waals surface area contributed by atoms with E-state index < -0.39 is 12.5 Å². The number of para-hydroxylation sites is 1. The van der Waals surface area contributed by atoms with Crippen LogP contribution in [0.1, 0.15) is 37.8 Å². The Morgan fingerprint density at radius 2 is 1.67 bits per heavy atom. The summed E-state index contributed by atoms with van der Waals surface area (Å²) in [6, 6.07) is 5.54. The molecule has 0 heterocycles. The van der Waals surface area contributed by atoms with Gasteiger partial charge in [0.25, 0.3) is 0 Å². The molecule has 0 saturated carbocycles. The molecule has 1 amide bonds. The van der Waals surface area contributed by atoms with Crippen molar-refractivity contribution in [1.29, 1.82) is 0 Å². The van der Waals surface area contributed by atoms with Gasteiger partial charge in [-0.3, -0.25) is 19.3 Å². The maximum atomic E-state index is 12.6. The van der Waals surface area contributed by atoms with Crippen LogP contribution in [0.15, 0.2) is 18.2 Å². The van der Waals surface area contributed by atoms with E-state index in [1.807, 2.05) is 45.9 Å². The maximum Gasteiger partial charge on any atom is 0.323 e. The number of benzene rings is 1. The lowest BCUT2D eigenvalue weighted by Gasteiger charge is -2.24. The molecule has 1 aromatic rings. The Hall–Kier alpha value is -1.82. The Kier molecular flexibility index (Phi) is 7.98. The van der Waals surface area contributed by atoms with Gasteiger partial charge in [-0.15, -0.1) is 0 Å². The molecule has 0 aliphatic carbocycles. The molecule has 0 aromatic heterocycles. The lowest BCUT2D eigenvalue weighted by Crippen LogP contribution is -2.38. The van der Waals surface area contributed by atoms with Gasteiger partial charge in [-0.1, -0.05) is 43.8 Å². The number of hydrogen-bond acceptors (Lipinski definition) is 4. The molecule has 0 fully saturated rings. The van der Waals surface area contributed by atoms with Crippen LogP contribution in [-0.4, -0.2) is 34.4 Å². The van der Waals surface area contributed by atoms with Gasteiger partial charge in [0, 0.05) is 5.92 Å². The molecular formula is C18H25NO4S. The van der Waals surface area contributed by atoms with Gasteiger partial charge in [0.15, 0.2) is 5.12 Å². The van der Waals surface area contributed by atoms with Crippen LogP contribution >= 0.6 is 11.8 Å². The van der Waals surface area contributed by atoms with Crippen molar-refractivity contribution in [3.63, 3.8) is 0 Å². The third kappa shape index (κ3) is 5.37. The number of anilines is 1. The van der Waals surface area contributed by atoms with E-state index >= 15 is 0 Å².